The van der Waals surface area contributed by atoms with Crippen molar-refractivity contribution in [2.75, 3.05) is 0 Å². The maximum Gasteiger partial charge on any atom is 0.166 e. The van der Waals surface area contributed by atoms with Gasteiger partial charge in [-0.3, -0.25) is 4.79 Å². The van der Waals surface area contributed by atoms with Crippen LogP contribution in [0.25, 0.3) is 10.2 Å². The lowest BCUT2D eigenvalue weighted by atomic mass is 10.5. The van der Waals surface area contributed by atoms with Gasteiger partial charge >= 0.3 is 0 Å². The normalized spacial score (nSPS) is 10.6. The summed E-state index contributed by atoms with van der Waals surface area (Å²) >= 11 is 3.90. The number of aromatic nitrogens is 1. The fraction of sp³-hybridized carbons (Fsp3) is 0. The molecule has 0 amide bonds. The van der Waals surface area contributed by atoms with Gasteiger partial charge in [0.15, 0.2) is 6.29 Å². The van der Waals surface area contributed by atoms with E-state index in [0.717, 1.165) is 16.5 Å². The molecule has 4 heteroatoms. The van der Waals surface area contributed by atoms with E-state index in [2.05, 4.69) is 33.0 Å². The van der Waals surface area contributed by atoms with Gasteiger partial charge in [0.2, 0.25) is 0 Å². The minimum Gasteiger partial charge on any atom is -0.351 e. The number of aromatic amines is 1. The highest BCUT2D eigenvalue weighted by Gasteiger charge is 2.04. The van der Waals surface area contributed by atoms with Gasteiger partial charge < -0.3 is 4.98 Å². The molecule has 1 N–H and O–H groups in total. The molecule has 0 fully saturated rings. The zero-order chi connectivity index (χ0) is 7.84. The quantitative estimate of drug-likeness (QED) is 0.631. The zero-order valence-corrected chi connectivity index (χ0v) is 8.40. The highest BCUT2D eigenvalue weighted by atomic mass is 127. The molecular formula is C7H4INOS. The van der Waals surface area contributed by atoms with Gasteiger partial charge in [-0.1, -0.05) is 0 Å². The Balaban J connectivity index is 2.79. The number of fused-ring (bicyclic) bond motifs is 1. The fourth-order valence-electron chi connectivity index (χ4n) is 0.963. The van der Waals surface area contributed by atoms with Crippen LogP contribution in [0.2, 0.25) is 0 Å². The minimum absolute atomic E-state index is 0.657. The van der Waals surface area contributed by atoms with E-state index in [1.807, 2.05) is 6.07 Å². The smallest absolute Gasteiger partial charge is 0.166 e. The molecule has 2 aromatic rings. The van der Waals surface area contributed by atoms with Crippen molar-refractivity contribution in [3.8, 4) is 0 Å². The molecule has 0 aliphatic heterocycles. The molecule has 0 aliphatic carbocycles. The number of thiophene rings is 1. The van der Waals surface area contributed by atoms with Crippen LogP contribution in [0.4, 0.5) is 0 Å². The molecular weight excluding hydrogens is 273 g/mol. The Hall–Kier alpha value is -0.360. The average Bonchev–Trinajstić information content (AvgIpc) is 2.53. The van der Waals surface area contributed by atoms with Gasteiger partial charge in [-0.05, 0) is 28.7 Å². The summed E-state index contributed by atoms with van der Waals surface area (Å²) in [5, 5.41) is 2.07. The van der Waals surface area contributed by atoms with Gasteiger partial charge in [0.1, 0.15) is 0 Å². The summed E-state index contributed by atoms with van der Waals surface area (Å²) in [5.41, 5.74) is 1.74. The van der Waals surface area contributed by atoms with Crippen LogP contribution in [0.15, 0.2) is 11.4 Å². The number of H-pyrrole nitrogens is 1. The zero-order valence-electron chi connectivity index (χ0n) is 5.43. The third-order valence-corrected chi connectivity index (χ3v) is 3.66. The van der Waals surface area contributed by atoms with Crippen LogP contribution in [-0.4, -0.2) is 11.3 Å². The maximum absolute atomic E-state index is 10.4. The maximum atomic E-state index is 10.4. The lowest BCUT2D eigenvalue weighted by molar-refractivity contribution is 0.112. The summed E-state index contributed by atoms with van der Waals surface area (Å²) in [4.78, 5) is 13.4. The Morgan fingerprint density at radius 3 is 3.09 bits per heavy atom. The number of nitrogens with one attached hydrogen (secondary N) is 1. The first-order chi connectivity index (χ1) is 5.31. The second kappa shape index (κ2) is 2.60. The molecule has 56 valence electrons. The summed E-state index contributed by atoms with van der Waals surface area (Å²) in [7, 11) is 0. The van der Waals surface area contributed by atoms with Gasteiger partial charge in [-0.15, -0.1) is 11.3 Å². The lowest BCUT2D eigenvalue weighted by Gasteiger charge is -1.79. The van der Waals surface area contributed by atoms with E-state index < -0.39 is 0 Å². The standard InChI is InChI=1S/C7H4INOS/c8-5-3-11-6-1-4(2-10)9-7(5)6/h1-3,9H. The van der Waals surface area contributed by atoms with Gasteiger partial charge in [-0.2, -0.15) is 0 Å². The Morgan fingerprint density at radius 2 is 2.45 bits per heavy atom. The predicted octanol–water partition coefficient (Wildman–Crippen LogP) is 2.65. The van der Waals surface area contributed by atoms with Crippen molar-refractivity contribution >= 4 is 50.4 Å². The first-order valence-corrected chi connectivity index (χ1v) is 4.98. The molecule has 2 rings (SSSR count). The number of carbonyl (C=O) groups is 1. The lowest BCUT2D eigenvalue weighted by Crippen LogP contribution is -1.75. The van der Waals surface area contributed by atoms with E-state index in [9.17, 15) is 4.79 Å². The van der Waals surface area contributed by atoms with Crippen LogP contribution in [-0.2, 0) is 0 Å². The fourth-order valence-corrected chi connectivity index (χ4v) is 2.78. The third kappa shape index (κ3) is 1.10. The Kier molecular flexibility index (Phi) is 1.72. The Morgan fingerprint density at radius 1 is 1.64 bits per heavy atom. The second-order valence-electron chi connectivity index (χ2n) is 2.17. The predicted molar refractivity (Wildman–Crippen MR) is 54.3 cm³/mol. The topological polar surface area (TPSA) is 32.9 Å². The van der Waals surface area contributed by atoms with Crippen molar-refractivity contribution in [2.45, 2.75) is 0 Å². The van der Waals surface area contributed by atoms with Crippen molar-refractivity contribution in [3.63, 3.8) is 0 Å². The molecule has 0 spiro atoms. The van der Waals surface area contributed by atoms with Crippen LogP contribution in [0.5, 0.6) is 0 Å². The largest absolute Gasteiger partial charge is 0.351 e. The number of halogens is 1. The number of carbonyl (C=O) groups excluding carboxylic acids is 1. The van der Waals surface area contributed by atoms with Crippen molar-refractivity contribution in [1.29, 1.82) is 0 Å². The molecule has 0 saturated heterocycles. The average molecular weight is 277 g/mol. The van der Waals surface area contributed by atoms with E-state index in [1.54, 1.807) is 11.3 Å². The molecule has 2 aromatic heterocycles. The first kappa shape index (κ1) is 7.30. The molecule has 0 unspecified atom stereocenters. The molecule has 11 heavy (non-hydrogen) atoms. The van der Waals surface area contributed by atoms with E-state index in [4.69, 9.17) is 0 Å². The molecule has 0 atom stereocenters. The summed E-state index contributed by atoms with van der Waals surface area (Å²) < 4.78 is 2.33. The van der Waals surface area contributed by atoms with Crippen LogP contribution in [0.3, 0.4) is 0 Å². The SMILES string of the molecule is O=Cc1cc2scc(I)c2[nH]1. The Labute approximate surface area is 80.8 Å². The van der Waals surface area contributed by atoms with E-state index >= 15 is 0 Å². The van der Waals surface area contributed by atoms with Crippen LogP contribution in [0, 0.1) is 3.57 Å². The number of rotatable bonds is 1. The number of hydrogen-bond donors (Lipinski definition) is 1. The van der Waals surface area contributed by atoms with Gasteiger partial charge in [0, 0.05) is 8.95 Å². The molecule has 2 nitrogen and oxygen atoms in total. The Bertz CT molecular complexity index is 403. The van der Waals surface area contributed by atoms with Crippen molar-refractivity contribution in [1.82, 2.24) is 4.98 Å². The van der Waals surface area contributed by atoms with Crippen LogP contribution < -0.4 is 0 Å². The molecule has 0 aromatic carbocycles. The number of hydrogen-bond acceptors (Lipinski definition) is 2. The van der Waals surface area contributed by atoms with Crippen molar-refractivity contribution < 1.29 is 4.79 Å². The van der Waals surface area contributed by atoms with Crippen LogP contribution in [0.1, 0.15) is 10.5 Å². The summed E-state index contributed by atoms with van der Waals surface area (Å²) in [6.45, 7) is 0. The molecule has 0 saturated carbocycles. The van der Waals surface area contributed by atoms with Crippen LogP contribution >= 0.6 is 33.9 Å². The highest BCUT2D eigenvalue weighted by molar-refractivity contribution is 14.1. The monoisotopic (exact) mass is 277 g/mol. The summed E-state index contributed by atoms with van der Waals surface area (Å²) in [6, 6.07) is 1.87. The summed E-state index contributed by atoms with van der Waals surface area (Å²) in [6.07, 6.45) is 0.836. The van der Waals surface area contributed by atoms with E-state index in [1.165, 1.54) is 3.57 Å². The molecule has 0 radical (unpaired) electrons. The highest BCUT2D eigenvalue weighted by Crippen LogP contribution is 2.26. The second-order valence-corrected chi connectivity index (χ2v) is 4.24. The van der Waals surface area contributed by atoms with Crippen molar-refractivity contribution in [3.05, 3.63) is 20.7 Å². The summed E-state index contributed by atoms with van der Waals surface area (Å²) in [5.74, 6) is 0. The number of aldehydes is 1. The minimum atomic E-state index is 0.657. The van der Waals surface area contributed by atoms with Gasteiger partial charge in [0.05, 0.1) is 15.9 Å². The molecule has 2 heterocycles. The van der Waals surface area contributed by atoms with Crippen molar-refractivity contribution in [2.24, 2.45) is 0 Å². The molecule has 0 bridgehead atoms. The van der Waals surface area contributed by atoms with E-state index in [-0.39, 0.29) is 0 Å². The third-order valence-electron chi connectivity index (χ3n) is 1.46. The van der Waals surface area contributed by atoms with E-state index in [0.29, 0.717) is 5.69 Å². The van der Waals surface area contributed by atoms with Gasteiger partial charge in [0.25, 0.3) is 0 Å². The molecule has 0 aliphatic rings. The first-order valence-electron chi connectivity index (χ1n) is 3.02. The van der Waals surface area contributed by atoms with Gasteiger partial charge in [-0.25, -0.2) is 0 Å².